The van der Waals surface area contributed by atoms with E-state index < -0.39 is 16.9 Å². The van der Waals surface area contributed by atoms with E-state index in [4.69, 9.17) is 9.47 Å². The monoisotopic (exact) mass is 402 g/mol. The molecule has 0 amide bonds. The average Bonchev–Trinajstić information content (AvgIpc) is 2.72. The van der Waals surface area contributed by atoms with Crippen LogP contribution in [-0.4, -0.2) is 38.2 Å². The topological polar surface area (TPSA) is 126 Å². The van der Waals surface area contributed by atoms with Gasteiger partial charge in [0.25, 0.3) is 5.69 Å². The van der Waals surface area contributed by atoms with Gasteiger partial charge in [-0.2, -0.15) is 0 Å². The summed E-state index contributed by atoms with van der Waals surface area (Å²) in [4.78, 5) is 34.0. The van der Waals surface area contributed by atoms with Crippen LogP contribution >= 0.6 is 0 Å². The van der Waals surface area contributed by atoms with Crippen molar-refractivity contribution < 1.29 is 33.5 Å². The number of benzene rings is 2. The normalized spacial score (nSPS) is 10.7. The first-order chi connectivity index (χ1) is 13.9. The van der Waals surface area contributed by atoms with Gasteiger partial charge in [0.15, 0.2) is 0 Å². The zero-order valence-corrected chi connectivity index (χ0v) is 15.8. The van der Waals surface area contributed by atoms with Crippen LogP contribution in [0.4, 0.5) is 11.4 Å². The third-order valence-corrected chi connectivity index (χ3v) is 3.54. The summed E-state index contributed by atoms with van der Waals surface area (Å²) in [7, 11) is 3.79. The summed E-state index contributed by atoms with van der Waals surface area (Å²) in [5.41, 5.74) is -0.431. The minimum atomic E-state index is -0.862. The molecule has 0 spiro atoms. The van der Waals surface area contributed by atoms with Crippen LogP contribution in [0, 0.1) is 10.1 Å². The first kappa shape index (κ1) is 21.2. The molecule has 152 valence electrons. The van der Waals surface area contributed by atoms with Crippen molar-refractivity contribution in [2.24, 2.45) is 0 Å². The lowest BCUT2D eigenvalue weighted by molar-refractivity contribution is -0.384. The van der Waals surface area contributed by atoms with Gasteiger partial charge in [0.05, 0.1) is 38.4 Å². The van der Waals surface area contributed by atoms with Crippen LogP contribution in [0.5, 0.6) is 17.2 Å². The molecule has 0 aliphatic heterocycles. The second kappa shape index (κ2) is 9.74. The number of hydrogen-bond acceptors (Lipinski definition) is 9. The van der Waals surface area contributed by atoms with E-state index in [2.05, 4.69) is 14.8 Å². The van der Waals surface area contributed by atoms with Crippen molar-refractivity contribution in [2.75, 3.05) is 26.6 Å². The molecular formula is C19H18N2O8. The van der Waals surface area contributed by atoms with E-state index >= 15 is 0 Å². The smallest absolute Gasteiger partial charge is 0.354 e. The Bertz CT molecular complexity index is 938. The lowest BCUT2D eigenvalue weighted by atomic mass is 10.2. The number of nitrogens with one attached hydrogen (secondary N) is 1. The first-order valence-corrected chi connectivity index (χ1v) is 8.12. The number of methoxy groups -OCH3 is 3. The van der Waals surface area contributed by atoms with Gasteiger partial charge < -0.3 is 24.3 Å². The van der Waals surface area contributed by atoms with Crippen molar-refractivity contribution >= 4 is 23.3 Å². The Morgan fingerprint density at radius 2 is 1.62 bits per heavy atom. The molecule has 0 atom stereocenters. The second-order valence-corrected chi connectivity index (χ2v) is 5.45. The molecule has 0 unspecified atom stereocenters. The van der Waals surface area contributed by atoms with Gasteiger partial charge in [0.1, 0.15) is 22.9 Å². The molecule has 0 heterocycles. The van der Waals surface area contributed by atoms with Gasteiger partial charge in [0.2, 0.25) is 0 Å². The van der Waals surface area contributed by atoms with Crippen LogP contribution in [0.15, 0.2) is 54.2 Å². The largest absolute Gasteiger partial charge is 0.497 e. The number of ether oxygens (including phenoxy) is 4. The summed E-state index contributed by atoms with van der Waals surface area (Å²) in [5.74, 6) is -0.503. The quantitative estimate of drug-likeness (QED) is 0.307. The van der Waals surface area contributed by atoms with Gasteiger partial charge in [-0.25, -0.2) is 9.59 Å². The third kappa shape index (κ3) is 5.96. The number of carbonyl (C=O) groups is 2. The Morgan fingerprint density at radius 3 is 2.17 bits per heavy atom. The van der Waals surface area contributed by atoms with Crippen LogP contribution in [-0.2, 0) is 19.1 Å². The molecule has 10 nitrogen and oxygen atoms in total. The SMILES string of the molecule is COC(=O)/C=C(/Nc1cc(Oc2ccc(OC)cc2)cc([N+](=O)[O-])c1)C(=O)OC. The van der Waals surface area contributed by atoms with Crippen LogP contribution in [0.25, 0.3) is 0 Å². The van der Waals surface area contributed by atoms with Crippen molar-refractivity contribution in [3.8, 4) is 17.2 Å². The molecule has 2 rings (SSSR count). The third-order valence-electron chi connectivity index (χ3n) is 3.54. The van der Waals surface area contributed by atoms with E-state index in [9.17, 15) is 19.7 Å². The molecular weight excluding hydrogens is 384 g/mol. The van der Waals surface area contributed by atoms with Crippen molar-refractivity contribution in [3.63, 3.8) is 0 Å². The molecule has 0 saturated heterocycles. The van der Waals surface area contributed by atoms with Gasteiger partial charge in [0, 0.05) is 17.8 Å². The lowest BCUT2D eigenvalue weighted by Crippen LogP contribution is -2.15. The van der Waals surface area contributed by atoms with Crippen LogP contribution < -0.4 is 14.8 Å². The molecule has 0 aliphatic rings. The van der Waals surface area contributed by atoms with Crippen molar-refractivity contribution in [2.45, 2.75) is 0 Å². The maximum Gasteiger partial charge on any atom is 0.354 e. The highest BCUT2D eigenvalue weighted by Gasteiger charge is 2.17. The minimum Gasteiger partial charge on any atom is -0.497 e. The summed E-state index contributed by atoms with van der Waals surface area (Å²) < 4.78 is 19.8. The standard InChI is InChI=1S/C19H18N2O8/c1-26-14-4-6-15(7-5-14)29-16-9-12(8-13(10-16)21(24)25)20-17(19(23)28-3)11-18(22)27-2/h4-11,20H,1-3H3/b17-11+. The number of nitro benzene ring substituents is 1. The zero-order valence-electron chi connectivity index (χ0n) is 15.8. The summed E-state index contributed by atoms with van der Waals surface area (Å²) >= 11 is 0. The first-order valence-electron chi connectivity index (χ1n) is 8.12. The van der Waals surface area contributed by atoms with E-state index in [1.807, 2.05) is 0 Å². The maximum absolute atomic E-state index is 11.9. The average molecular weight is 402 g/mol. The predicted octanol–water partition coefficient (Wildman–Crippen LogP) is 3.04. The molecule has 10 heteroatoms. The number of rotatable bonds is 8. The Labute approximate surface area is 165 Å². The van der Waals surface area contributed by atoms with Gasteiger partial charge >= 0.3 is 11.9 Å². The van der Waals surface area contributed by atoms with Gasteiger partial charge in [-0.3, -0.25) is 10.1 Å². The molecule has 0 bridgehead atoms. The number of hydrogen-bond donors (Lipinski definition) is 1. The summed E-state index contributed by atoms with van der Waals surface area (Å²) in [6, 6.07) is 10.4. The van der Waals surface area contributed by atoms with E-state index in [-0.39, 0.29) is 22.8 Å². The van der Waals surface area contributed by atoms with Crippen LogP contribution in [0.2, 0.25) is 0 Å². The van der Waals surface area contributed by atoms with E-state index in [1.54, 1.807) is 24.3 Å². The number of nitro groups is 1. The van der Waals surface area contributed by atoms with E-state index in [0.717, 1.165) is 20.3 Å². The number of esters is 2. The molecule has 29 heavy (non-hydrogen) atoms. The number of carbonyl (C=O) groups excluding carboxylic acids is 2. The summed E-state index contributed by atoms with van der Waals surface area (Å²) in [6.07, 6.45) is 0.870. The highest BCUT2D eigenvalue weighted by molar-refractivity contribution is 5.98. The van der Waals surface area contributed by atoms with E-state index in [1.165, 1.54) is 25.3 Å². The molecule has 1 N–H and O–H groups in total. The van der Waals surface area contributed by atoms with Crippen LogP contribution in [0.1, 0.15) is 0 Å². The number of non-ortho nitro benzene ring substituents is 1. The molecule has 0 aromatic heterocycles. The molecule has 0 fully saturated rings. The fourth-order valence-corrected chi connectivity index (χ4v) is 2.19. The Morgan fingerprint density at radius 1 is 0.966 bits per heavy atom. The molecule has 0 saturated carbocycles. The highest BCUT2D eigenvalue weighted by Crippen LogP contribution is 2.31. The molecule has 2 aromatic carbocycles. The van der Waals surface area contributed by atoms with Gasteiger partial charge in [-0.1, -0.05) is 0 Å². The fourth-order valence-electron chi connectivity index (χ4n) is 2.19. The van der Waals surface area contributed by atoms with Crippen molar-refractivity contribution in [1.82, 2.24) is 0 Å². The maximum atomic E-state index is 11.9. The van der Waals surface area contributed by atoms with Crippen molar-refractivity contribution in [3.05, 3.63) is 64.4 Å². The Hall–Kier alpha value is -4.08. The Kier molecular flexibility index (Phi) is 7.13. The Balaban J connectivity index is 2.37. The zero-order chi connectivity index (χ0) is 21.4. The second-order valence-electron chi connectivity index (χ2n) is 5.45. The lowest BCUT2D eigenvalue weighted by Gasteiger charge is -2.12. The summed E-state index contributed by atoms with van der Waals surface area (Å²) in [6.45, 7) is 0. The number of nitrogens with zero attached hydrogens (tertiary/aromatic N) is 1. The van der Waals surface area contributed by atoms with Gasteiger partial charge in [-0.05, 0) is 24.3 Å². The fraction of sp³-hybridized carbons (Fsp3) is 0.158. The summed E-state index contributed by atoms with van der Waals surface area (Å²) in [5, 5.41) is 13.9. The molecule has 0 aliphatic carbocycles. The molecule has 2 aromatic rings. The molecule has 0 radical (unpaired) electrons. The van der Waals surface area contributed by atoms with Crippen molar-refractivity contribution in [1.29, 1.82) is 0 Å². The predicted molar refractivity (Wildman–Crippen MR) is 102 cm³/mol. The van der Waals surface area contributed by atoms with Crippen LogP contribution in [0.3, 0.4) is 0 Å². The van der Waals surface area contributed by atoms with Gasteiger partial charge in [-0.15, -0.1) is 0 Å². The van der Waals surface area contributed by atoms with E-state index in [0.29, 0.717) is 11.5 Å². The highest BCUT2D eigenvalue weighted by atomic mass is 16.6. The number of anilines is 1. The minimum absolute atomic E-state index is 0.128.